The summed E-state index contributed by atoms with van der Waals surface area (Å²) in [6, 6.07) is 3.88. The van der Waals surface area contributed by atoms with Crippen LogP contribution in [0.1, 0.15) is 12.0 Å². The van der Waals surface area contributed by atoms with Crippen LogP contribution in [0, 0.1) is 23.7 Å². The number of rotatable bonds is 2. The van der Waals surface area contributed by atoms with E-state index in [1.807, 2.05) is 0 Å². The van der Waals surface area contributed by atoms with E-state index in [4.69, 9.17) is 4.74 Å². The number of hydrogen-bond acceptors (Lipinski definition) is 2. The summed E-state index contributed by atoms with van der Waals surface area (Å²) in [4.78, 5) is 14.3. The number of nitrogens with zero attached hydrogens (tertiary/aromatic N) is 1. The molecule has 3 unspecified atom stereocenters. The summed E-state index contributed by atoms with van der Waals surface area (Å²) in [7, 11) is 1.51. The Hall–Kier alpha value is -1.34. The van der Waals surface area contributed by atoms with Gasteiger partial charge in [-0.25, -0.2) is 0 Å². The Morgan fingerprint density at radius 2 is 1.96 bits per heavy atom. The van der Waals surface area contributed by atoms with Crippen LogP contribution in [0.4, 0.5) is 18.9 Å². The molecule has 2 bridgehead atoms. The van der Waals surface area contributed by atoms with Crippen LogP contribution in [0.3, 0.4) is 0 Å². The largest absolute Gasteiger partial charge is 0.417 e. The van der Waals surface area contributed by atoms with Crippen LogP contribution < -0.4 is 4.90 Å². The van der Waals surface area contributed by atoms with Crippen LogP contribution >= 0.6 is 15.9 Å². The predicted octanol–water partition coefficient (Wildman–Crippen LogP) is 4.23. The number of allylic oxidation sites excluding steroid dienone is 2. The van der Waals surface area contributed by atoms with E-state index in [2.05, 4.69) is 28.1 Å². The second-order valence-corrected chi connectivity index (χ2v) is 7.40. The van der Waals surface area contributed by atoms with Crippen LogP contribution in [-0.4, -0.2) is 19.2 Å². The van der Waals surface area contributed by atoms with Gasteiger partial charge in [-0.2, -0.15) is 13.2 Å². The fourth-order valence-electron chi connectivity index (χ4n) is 4.47. The fraction of sp³-hybridized carbons (Fsp3) is 0.471. The van der Waals surface area contributed by atoms with Gasteiger partial charge in [0.05, 0.1) is 11.5 Å². The Balaban J connectivity index is 1.76. The maximum Gasteiger partial charge on any atom is 0.417 e. The first-order valence-corrected chi connectivity index (χ1v) is 8.53. The molecule has 0 N–H and O–H groups in total. The molecule has 4 rings (SSSR count). The number of anilines is 1. The number of carbonyl (C=O) groups is 1. The number of methoxy groups -OCH3 is 1. The molecule has 0 radical (unpaired) electrons. The molecule has 1 amide bonds. The van der Waals surface area contributed by atoms with Crippen LogP contribution in [0.5, 0.6) is 0 Å². The van der Waals surface area contributed by atoms with E-state index in [1.54, 1.807) is 0 Å². The first-order chi connectivity index (χ1) is 11.3. The summed E-state index contributed by atoms with van der Waals surface area (Å²) in [5.41, 5.74) is -0.558. The molecule has 1 aromatic rings. The molecule has 24 heavy (non-hydrogen) atoms. The summed E-state index contributed by atoms with van der Waals surface area (Å²) in [5.74, 6) is 0.113. The molecule has 1 saturated heterocycles. The molecule has 128 valence electrons. The Labute approximate surface area is 145 Å². The number of carbonyl (C=O) groups excluding carboxylic acids is 1. The minimum absolute atomic E-state index is 0.00971. The number of halogens is 4. The highest BCUT2D eigenvalue weighted by molar-refractivity contribution is 9.10. The third kappa shape index (κ3) is 2.17. The summed E-state index contributed by atoms with van der Waals surface area (Å²) < 4.78 is 45.1. The van der Waals surface area contributed by atoms with Gasteiger partial charge in [-0.1, -0.05) is 28.1 Å². The van der Waals surface area contributed by atoms with Gasteiger partial charge in [-0.15, -0.1) is 0 Å². The zero-order chi connectivity index (χ0) is 17.2. The molecular formula is C17H15BrF3NO2. The van der Waals surface area contributed by atoms with Gasteiger partial charge < -0.3 is 4.74 Å². The molecule has 1 aliphatic heterocycles. The Morgan fingerprint density at radius 3 is 2.62 bits per heavy atom. The fourth-order valence-corrected chi connectivity index (χ4v) is 4.94. The summed E-state index contributed by atoms with van der Waals surface area (Å²) in [6.07, 6.45) is 0.0873. The lowest BCUT2D eigenvalue weighted by Gasteiger charge is -2.29. The number of alkyl halides is 3. The Bertz CT molecular complexity index is 733. The van der Waals surface area contributed by atoms with Gasteiger partial charge in [0.25, 0.3) is 0 Å². The predicted molar refractivity (Wildman–Crippen MR) is 85.1 cm³/mol. The van der Waals surface area contributed by atoms with Crippen LogP contribution in [0.25, 0.3) is 0 Å². The van der Waals surface area contributed by atoms with Gasteiger partial charge in [-0.3, -0.25) is 9.69 Å². The van der Waals surface area contributed by atoms with Crippen LogP contribution in [0.15, 0.2) is 34.8 Å². The topological polar surface area (TPSA) is 29.5 Å². The maximum absolute atomic E-state index is 13.2. The van der Waals surface area contributed by atoms with E-state index >= 15 is 0 Å². The molecule has 2 aliphatic carbocycles. The highest BCUT2D eigenvalue weighted by Crippen LogP contribution is 2.55. The third-order valence-corrected chi connectivity index (χ3v) is 6.09. The summed E-state index contributed by atoms with van der Waals surface area (Å²) in [6.45, 7) is 0. The van der Waals surface area contributed by atoms with Crippen LogP contribution in [-0.2, 0) is 15.7 Å². The normalized spacial score (nSPS) is 34.3. The van der Waals surface area contributed by atoms with Crippen molar-refractivity contribution in [1.82, 2.24) is 0 Å². The molecule has 3 nitrogen and oxygen atoms in total. The van der Waals surface area contributed by atoms with Gasteiger partial charge in [-0.05, 0) is 36.5 Å². The van der Waals surface area contributed by atoms with E-state index in [9.17, 15) is 18.0 Å². The van der Waals surface area contributed by atoms with Crippen molar-refractivity contribution in [3.8, 4) is 0 Å². The van der Waals surface area contributed by atoms with Crippen molar-refractivity contribution in [1.29, 1.82) is 0 Å². The summed E-state index contributed by atoms with van der Waals surface area (Å²) in [5, 5.41) is 0. The lowest BCUT2D eigenvalue weighted by atomic mass is 9.85. The molecule has 0 aromatic heterocycles. The quantitative estimate of drug-likeness (QED) is 0.694. The molecule has 7 heteroatoms. The van der Waals surface area contributed by atoms with Crippen molar-refractivity contribution in [2.24, 2.45) is 23.7 Å². The van der Waals surface area contributed by atoms with Gasteiger partial charge in [0.15, 0.2) is 0 Å². The SMILES string of the molecule is COC1[C@@H]2C3C=CC(C3)[C@@H]2C(=O)N1c1ccc(Br)c(C(F)(F)F)c1. The molecule has 1 heterocycles. The number of amides is 1. The number of ether oxygens (including phenoxy) is 1. The Morgan fingerprint density at radius 1 is 1.25 bits per heavy atom. The molecule has 2 fully saturated rings. The van der Waals surface area contributed by atoms with Gasteiger partial charge in [0.2, 0.25) is 5.91 Å². The van der Waals surface area contributed by atoms with Crippen molar-refractivity contribution < 1.29 is 22.7 Å². The minimum atomic E-state index is -4.49. The van der Waals surface area contributed by atoms with E-state index in [0.717, 1.165) is 12.5 Å². The minimum Gasteiger partial charge on any atom is -0.361 e. The number of benzene rings is 1. The Kier molecular flexibility index (Phi) is 3.58. The molecule has 5 atom stereocenters. The van der Waals surface area contributed by atoms with E-state index in [0.29, 0.717) is 0 Å². The third-order valence-electron chi connectivity index (χ3n) is 5.40. The van der Waals surface area contributed by atoms with Crippen molar-refractivity contribution in [3.05, 3.63) is 40.4 Å². The molecular weight excluding hydrogens is 387 g/mol. The lowest BCUT2D eigenvalue weighted by Crippen LogP contribution is -2.38. The van der Waals surface area contributed by atoms with E-state index < -0.39 is 18.0 Å². The molecule has 0 spiro atoms. The highest BCUT2D eigenvalue weighted by Gasteiger charge is 2.60. The first-order valence-electron chi connectivity index (χ1n) is 7.74. The maximum atomic E-state index is 13.2. The van der Waals surface area contributed by atoms with Crippen molar-refractivity contribution in [2.75, 3.05) is 12.0 Å². The average Bonchev–Trinajstić information content (AvgIpc) is 3.19. The monoisotopic (exact) mass is 401 g/mol. The highest BCUT2D eigenvalue weighted by atomic mass is 79.9. The number of fused-ring (bicyclic) bond motifs is 5. The molecule has 3 aliphatic rings. The van der Waals surface area contributed by atoms with Gasteiger partial charge in [0, 0.05) is 23.2 Å². The zero-order valence-corrected chi connectivity index (χ0v) is 14.3. The van der Waals surface area contributed by atoms with Crippen molar-refractivity contribution >= 4 is 27.5 Å². The second kappa shape index (κ2) is 5.33. The van der Waals surface area contributed by atoms with E-state index in [-0.39, 0.29) is 39.7 Å². The number of hydrogen-bond donors (Lipinski definition) is 0. The van der Waals surface area contributed by atoms with Crippen molar-refractivity contribution in [3.63, 3.8) is 0 Å². The smallest absolute Gasteiger partial charge is 0.361 e. The molecule has 1 aromatic carbocycles. The van der Waals surface area contributed by atoms with Crippen LogP contribution in [0.2, 0.25) is 0 Å². The average molecular weight is 402 g/mol. The molecule has 1 saturated carbocycles. The summed E-state index contributed by atoms with van der Waals surface area (Å²) >= 11 is 2.94. The van der Waals surface area contributed by atoms with Crippen molar-refractivity contribution in [2.45, 2.75) is 18.8 Å². The standard InChI is InChI=1S/C17H15BrF3NO2/c1-24-16-14-9-3-2-8(6-9)13(14)15(23)22(16)10-4-5-12(18)11(7-10)17(19,20)21/h2-5,7-9,13-14,16H,6H2,1H3/t8?,9?,13-,14+,16?/m0/s1. The van der Waals surface area contributed by atoms with Gasteiger partial charge in [0.1, 0.15) is 6.23 Å². The zero-order valence-electron chi connectivity index (χ0n) is 12.8. The lowest BCUT2D eigenvalue weighted by molar-refractivity contribution is -0.138. The van der Waals surface area contributed by atoms with E-state index in [1.165, 1.54) is 24.1 Å². The first kappa shape index (κ1) is 16.1. The second-order valence-electron chi connectivity index (χ2n) is 6.55. The van der Waals surface area contributed by atoms with Gasteiger partial charge >= 0.3 is 6.18 Å².